The molecule has 0 aromatic heterocycles. The zero-order chi connectivity index (χ0) is 17.5. The summed E-state index contributed by atoms with van der Waals surface area (Å²) in [5.41, 5.74) is 6.99. The Labute approximate surface area is 143 Å². The third kappa shape index (κ3) is 2.34. The number of nitrogens with two attached hydrogens (primary N) is 1. The summed E-state index contributed by atoms with van der Waals surface area (Å²) in [6.07, 6.45) is 1.43. The number of isocyanates is 1. The minimum Gasteiger partial charge on any atom is -0.460 e. The first-order valence-electron chi connectivity index (χ1n) is 7.41. The number of esters is 1. The molecule has 0 bridgehead atoms. The molecule has 7 nitrogen and oxygen atoms in total. The maximum atomic E-state index is 12.4. The summed E-state index contributed by atoms with van der Waals surface area (Å²) in [5, 5.41) is -0.488. The van der Waals surface area contributed by atoms with E-state index in [1.165, 1.54) is 22.7 Å². The van der Waals surface area contributed by atoms with Crippen LogP contribution < -0.4 is 5.73 Å². The molecule has 1 amide bonds. The molecule has 8 heteroatoms. The fraction of sp³-hybridized carbons (Fsp3) is 0.438. The second-order valence-corrected chi connectivity index (χ2v) is 7.97. The van der Waals surface area contributed by atoms with Gasteiger partial charge in [-0.2, -0.15) is 4.99 Å². The van der Waals surface area contributed by atoms with Crippen LogP contribution in [0.15, 0.2) is 35.3 Å². The topological polar surface area (TPSA) is 102 Å². The van der Waals surface area contributed by atoms with E-state index in [1.54, 1.807) is 13.8 Å². The molecule has 3 atom stereocenters. The minimum atomic E-state index is -1.50. The van der Waals surface area contributed by atoms with Crippen molar-refractivity contribution in [3.63, 3.8) is 0 Å². The van der Waals surface area contributed by atoms with Crippen molar-refractivity contribution in [3.05, 3.63) is 35.9 Å². The average Bonchev–Trinajstić information content (AvgIpc) is 2.70. The van der Waals surface area contributed by atoms with Gasteiger partial charge in [0.25, 0.3) is 0 Å². The molecular weight excluding hydrogens is 330 g/mol. The second-order valence-electron chi connectivity index (χ2n) is 6.23. The van der Waals surface area contributed by atoms with E-state index >= 15 is 0 Å². The van der Waals surface area contributed by atoms with Crippen molar-refractivity contribution in [3.8, 4) is 0 Å². The Morgan fingerprint density at radius 3 is 2.71 bits per heavy atom. The van der Waals surface area contributed by atoms with E-state index in [-0.39, 0.29) is 6.61 Å². The normalized spacial score (nSPS) is 30.1. The molecule has 0 aliphatic carbocycles. The predicted octanol–water partition coefficient (Wildman–Crippen LogP) is 0.988. The van der Waals surface area contributed by atoms with E-state index in [4.69, 9.17) is 10.5 Å². The second kappa shape index (κ2) is 5.73. The third-order valence-electron chi connectivity index (χ3n) is 4.41. The Kier molecular flexibility index (Phi) is 3.99. The smallest absolute Gasteiger partial charge is 0.321 e. The highest BCUT2D eigenvalue weighted by atomic mass is 32.2. The number of hydrogen-bond acceptors (Lipinski definition) is 7. The molecule has 2 aliphatic rings. The van der Waals surface area contributed by atoms with Crippen molar-refractivity contribution < 1.29 is 19.1 Å². The number of fused-ring (bicyclic) bond motifs is 1. The molecule has 126 valence electrons. The quantitative estimate of drug-likeness (QED) is 0.286. The van der Waals surface area contributed by atoms with Gasteiger partial charge in [0, 0.05) is 0 Å². The summed E-state index contributed by atoms with van der Waals surface area (Å²) in [6, 6.07) is 9.22. The monoisotopic (exact) mass is 347 g/mol. The lowest BCUT2D eigenvalue weighted by atomic mass is 9.92. The number of carbonyl (C=O) groups excluding carboxylic acids is 3. The highest BCUT2D eigenvalue weighted by Crippen LogP contribution is 2.57. The van der Waals surface area contributed by atoms with Crippen LogP contribution in [-0.4, -0.2) is 38.8 Å². The summed E-state index contributed by atoms with van der Waals surface area (Å²) in [6.45, 7) is 3.65. The Morgan fingerprint density at radius 1 is 1.42 bits per heavy atom. The minimum absolute atomic E-state index is 0.102. The number of amides is 1. The Balaban J connectivity index is 1.73. The van der Waals surface area contributed by atoms with Gasteiger partial charge in [0.1, 0.15) is 12.0 Å². The van der Waals surface area contributed by atoms with Gasteiger partial charge < -0.3 is 4.74 Å². The van der Waals surface area contributed by atoms with Gasteiger partial charge in [0.05, 0.1) is 4.75 Å². The summed E-state index contributed by atoms with van der Waals surface area (Å²) < 4.78 is 4.54. The van der Waals surface area contributed by atoms with Crippen molar-refractivity contribution in [1.82, 2.24) is 4.90 Å². The molecule has 2 N–H and O–H groups in total. The molecule has 24 heavy (non-hydrogen) atoms. The number of rotatable bonds is 4. The SMILES string of the molecule is CC1(C)S[C@@H]2C(C(=O)OCc3ccccc3)C(=O)N2C1(N)N=C=O. The fourth-order valence-electron chi connectivity index (χ4n) is 2.92. The summed E-state index contributed by atoms with van der Waals surface area (Å²) >= 11 is 1.33. The van der Waals surface area contributed by atoms with Crippen molar-refractivity contribution >= 4 is 29.7 Å². The van der Waals surface area contributed by atoms with Crippen LogP contribution >= 0.6 is 11.8 Å². The zero-order valence-electron chi connectivity index (χ0n) is 13.3. The maximum absolute atomic E-state index is 12.4. The molecule has 0 spiro atoms. The lowest BCUT2D eigenvalue weighted by Gasteiger charge is -2.46. The van der Waals surface area contributed by atoms with Gasteiger partial charge in [-0.1, -0.05) is 30.3 Å². The number of thioether (sulfide) groups is 1. The number of ether oxygens (including phenoxy) is 1. The van der Waals surface area contributed by atoms with Crippen molar-refractivity contribution in [2.24, 2.45) is 16.6 Å². The first-order chi connectivity index (χ1) is 11.3. The number of β-lactam (4-membered cyclic amide) rings is 1. The lowest BCUT2D eigenvalue weighted by Crippen LogP contribution is -2.71. The first-order valence-corrected chi connectivity index (χ1v) is 8.29. The molecule has 1 aromatic rings. The number of benzene rings is 1. The van der Waals surface area contributed by atoms with Gasteiger partial charge in [0.2, 0.25) is 17.8 Å². The molecule has 0 radical (unpaired) electrons. The Hall–Kier alpha value is -2.15. The van der Waals surface area contributed by atoms with Crippen LogP contribution in [0, 0.1) is 5.92 Å². The van der Waals surface area contributed by atoms with Crippen LogP contribution in [-0.2, 0) is 25.7 Å². The van der Waals surface area contributed by atoms with Crippen LogP contribution in [0.1, 0.15) is 19.4 Å². The van der Waals surface area contributed by atoms with Crippen LogP contribution in [0.2, 0.25) is 0 Å². The standard InChI is InChI=1S/C16H17N3O4S/c1-15(2)16(17,18-9-20)19-12(21)11(13(19)24-15)14(22)23-8-10-6-4-3-5-7-10/h3-7,11,13H,8,17H2,1-2H3/t11?,13-,16?/m1/s1. The number of hydrogen-bond donors (Lipinski definition) is 1. The molecule has 2 aliphatic heterocycles. The van der Waals surface area contributed by atoms with E-state index in [0.717, 1.165) is 5.56 Å². The van der Waals surface area contributed by atoms with Gasteiger partial charge in [-0.15, -0.1) is 11.8 Å². The van der Waals surface area contributed by atoms with E-state index in [0.29, 0.717) is 0 Å². The summed E-state index contributed by atoms with van der Waals surface area (Å²) in [5.74, 6) is -3.49. The van der Waals surface area contributed by atoms with Crippen LogP contribution in [0.25, 0.3) is 0 Å². The Bertz CT molecular complexity index is 732. The molecule has 2 saturated heterocycles. The van der Waals surface area contributed by atoms with Gasteiger partial charge in [-0.05, 0) is 19.4 Å². The zero-order valence-corrected chi connectivity index (χ0v) is 14.1. The van der Waals surface area contributed by atoms with Crippen LogP contribution in [0.5, 0.6) is 0 Å². The number of nitrogens with zero attached hydrogens (tertiary/aromatic N) is 2. The molecule has 1 aromatic carbocycles. The van der Waals surface area contributed by atoms with E-state index in [1.807, 2.05) is 30.3 Å². The molecule has 0 saturated carbocycles. The predicted molar refractivity (Wildman–Crippen MR) is 87.1 cm³/mol. The van der Waals surface area contributed by atoms with E-state index in [9.17, 15) is 14.4 Å². The summed E-state index contributed by atoms with van der Waals surface area (Å²) in [4.78, 5) is 40.3. The largest absolute Gasteiger partial charge is 0.460 e. The highest BCUT2D eigenvalue weighted by molar-refractivity contribution is 8.01. The molecule has 2 fully saturated rings. The average molecular weight is 347 g/mol. The number of carbonyl (C=O) groups is 2. The van der Waals surface area contributed by atoms with Crippen LogP contribution in [0.4, 0.5) is 0 Å². The van der Waals surface area contributed by atoms with Gasteiger partial charge in [-0.3, -0.25) is 20.2 Å². The van der Waals surface area contributed by atoms with E-state index in [2.05, 4.69) is 4.99 Å². The van der Waals surface area contributed by atoms with Crippen molar-refractivity contribution in [1.29, 1.82) is 0 Å². The van der Waals surface area contributed by atoms with Gasteiger partial charge in [0.15, 0.2) is 5.92 Å². The third-order valence-corrected chi connectivity index (χ3v) is 6.02. The van der Waals surface area contributed by atoms with Crippen molar-refractivity contribution in [2.75, 3.05) is 0 Å². The molecule has 2 heterocycles. The van der Waals surface area contributed by atoms with Gasteiger partial charge in [-0.25, -0.2) is 4.79 Å². The Morgan fingerprint density at radius 2 is 2.08 bits per heavy atom. The molecular formula is C16H17N3O4S. The van der Waals surface area contributed by atoms with E-state index < -0.39 is 33.7 Å². The number of aliphatic imine (C=N–C) groups is 1. The lowest BCUT2D eigenvalue weighted by molar-refractivity contribution is -0.174. The first kappa shape index (κ1) is 16.7. The maximum Gasteiger partial charge on any atom is 0.321 e. The molecule has 2 unspecified atom stereocenters. The van der Waals surface area contributed by atoms with Crippen LogP contribution in [0.3, 0.4) is 0 Å². The molecule has 3 rings (SSSR count). The fourth-order valence-corrected chi connectivity index (χ4v) is 4.57. The highest BCUT2D eigenvalue weighted by Gasteiger charge is 2.70. The summed E-state index contributed by atoms with van der Waals surface area (Å²) in [7, 11) is 0. The van der Waals surface area contributed by atoms with Crippen molar-refractivity contribution in [2.45, 2.75) is 36.4 Å². The van der Waals surface area contributed by atoms with Gasteiger partial charge >= 0.3 is 5.97 Å².